The first-order chi connectivity index (χ1) is 10.5. The number of hydrogen-bond donors (Lipinski definition) is 4. The summed E-state index contributed by atoms with van der Waals surface area (Å²) in [6, 6.07) is 6.90. The molecule has 0 radical (unpaired) electrons. The van der Waals surface area contributed by atoms with Gasteiger partial charge in [-0.2, -0.15) is 0 Å². The van der Waals surface area contributed by atoms with Crippen molar-refractivity contribution in [2.24, 2.45) is 5.92 Å². The van der Waals surface area contributed by atoms with Crippen molar-refractivity contribution in [3.05, 3.63) is 35.4 Å². The zero-order valence-electron chi connectivity index (χ0n) is 13.3. The Morgan fingerprint density at radius 3 is 2.57 bits per heavy atom. The van der Waals surface area contributed by atoms with Crippen molar-refractivity contribution >= 4 is 24.2 Å². The summed E-state index contributed by atoms with van der Waals surface area (Å²) in [5.41, 5.74) is 3.96. The molecule has 0 saturated carbocycles. The van der Waals surface area contributed by atoms with Gasteiger partial charge in [0.2, 0.25) is 5.91 Å². The summed E-state index contributed by atoms with van der Waals surface area (Å²) in [5.74, 6) is -0.579. The van der Waals surface area contributed by atoms with E-state index in [-0.39, 0.29) is 30.3 Å². The first-order valence-electron chi connectivity index (χ1n) is 7.55. The van der Waals surface area contributed by atoms with Gasteiger partial charge in [0, 0.05) is 6.54 Å². The van der Waals surface area contributed by atoms with E-state index in [0.717, 1.165) is 5.56 Å². The zero-order valence-corrected chi connectivity index (χ0v) is 14.2. The lowest BCUT2D eigenvalue weighted by Crippen LogP contribution is -2.54. The number of halogens is 1. The molecule has 1 aromatic carbocycles. The molecule has 6 nitrogen and oxygen atoms in total. The van der Waals surface area contributed by atoms with Crippen molar-refractivity contribution in [3.63, 3.8) is 0 Å². The maximum absolute atomic E-state index is 12.4. The lowest BCUT2D eigenvalue weighted by Gasteiger charge is -2.27. The molecule has 0 aromatic heterocycles. The molecule has 4 N–H and O–H groups in total. The normalized spacial score (nSPS) is 17.7. The maximum Gasteiger partial charge on any atom is 0.265 e. The van der Waals surface area contributed by atoms with E-state index in [1.807, 2.05) is 38.1 Å². The number of carbonyl (C=O) groups is 2. The second-order valence-electron chi connectivity index (χ2n) is 6.07. The topological polar surface area (TPSA) is 90.5 Å². The van der Waals surface area contributed by atoms with E-state index >= 15 is 0 Å². The molecule has 128 valence electrons. The first kappa shape index (κ1) is 19.4. The van der Waals surface area contributed by atoms with Gasteiger partial charge in [-0.1, -0.05) is 38.1 Å². The molecule has 0 spiro atoms. The van der Waals surface area contributed by atoms with Crippen LogP contribution in [0, 0.1) is 5.92 Å². The lowest BCUT2D eigenvalue weighted by atomic mass is 9.95. The minimum Gasteiger partial charge on any atom is -0.343 e. The molecular weight excluding hydrogens is 318 g/mol. The van der Waals surface area contributed by atoms with Crippen LogP contribution in [0.25, 0.3) is 0 Å². The fourth-order valence-electron chi connectivity index (χ4n) is 2.69. The van der Waals surface area contributed by atoms with Crippen LogP contribution in [0.4, 0.5) is 0 Å². The second kappa shape index (κ2) is 8.86. The molecule has 1 aliphatic heterocycles. The average Bonchev–Trinajstić information content (AvgIpc) is 2.52. The highest BCUT2D eigenvalue weighted by Crippen LogP contribution is 2.16. The Morgan fingerprint density at radius 2 is 1.96 bits per heavy atom. The van der Waals surface area contributed by atoms with Crippen molar-refractivity contribution in [3.8, 4) is 0 Å². The number of amides is 2. The summed E-state index contributed by atoms with van der Waals surface area (Å²) in [4.78, 5) is 24.1. The minimum atomic E-state index is -0.725. The van der Waals surface area contributed by atoms with E-state index in [4.69, 9.17) is 5.21 Å². The third-order valence-electron chi connectivity index (χ3n) is 3.85. The zero-order chi connectivity index (χ0) is 16.1. The molecule has 23 heavy (non-hydrogen) atoms. The number of hydroxylamine groups is 1. The summed E-state index contributed by atoms with van der Waals surface area (Å²) >= 11 is 0. The fourth-order valence-corrected chi connectivity index (χ4v) is 2.69. The smallest absolute Gasteiger partial charge is 0.265 e. The Labute approximate surface area is 142 Å². The van der Waals surface area contributed by atoms with Gasteiger partial charge < -0.3 is 10.6 Å². The van der Waals surface area contributed by atoms with E-state index in [1.165, 1.54) is 5.56 Å². The average molecular weight is 342 g/mol. The SMILES string of the molecule is CC(C)C[C@H](NC(=O)[C@@H]1Cc2ccccc2CN1)C(=O)NO.Cl. The van der Waals surface area contributed by atoms with Crippen molar-refractivity contribution in [1.29, 1.82) is 0 Å². The molecule has 1 aromatic rings. The Hall–Kier alpha value is -1.63. The monoisotopic (exact) mass is 341 g/mol. The van der Waals surface area contributed by atoms with E-state index in [0.29, 0.717) is 19.4 Å². The van der Waals surface area contributed by atoms with Gasteiger partial charge in [-0.15, -0.1) is 12.4 Å². The van der Waals surface area contributed by atoms with Crippen LogP contribution >= 0.6 is 12.4 Å². The minimum absolute atomic E-state index is 0. The number of carbonyl (C=O) groups excluding carboxylic acids is 2. The van der Waals surface area contributed by atoms with Gasteiger partial charge in [0.05, 0.1) is 6.04 Å². The van der Waals surface area contributed by atoms with Gasteiger partial charge in [-0.05, 0) is 29.9 Å². The standard InChI is InChI=1S/C16H23N3O3.ClH/c1-10(2)7-14(16(21)19-22)18-15(20)13-8-11-5-3-4-6-12(11)9-17-13;/h3-6,10,13-14,17,22H,7-9H2,1-2H3,(H,18,20)(H,19,21);1H/t13-,14-;/m0./s1. The Kier molecular flexibility index (Phi) is 7.48. The summed E-state index contributed by atoms with van der Waals surface area (Å²) in [5, 5.41) is 14.7. The molecular formula is C16H24ClN3O3. The Balaban J connectivity index is 0.00000264. The summed E-state index contributed by atoms with van der Waals surface area (Å²) < 4.78 is 0. The van der Waals surface area contributed by atoms with Crippen molar-refractivity contribution < 1.29 is 14.8 Å². The molecule has 0 bridgehead atoms. The van der Waals surface area contributed by atoms with E-state index in [2.05, 4.69) is 10.6 Å². The van der Waals surface area contributed by atoms with Crippen molar-refractivity contribution in [2.45, 2.75) is 45.3 Å². The van der Waals surface area contributed by atoms with E-state index < -0.39 is 11.9 Å². The summed E-state index contributed by atoms with van der Waals surface area (Å²) in [6.45, 7) is 4.55. The molecule has 0 unspecified atom stereocenters. The molecule has 2 amide bonds. The maximum atomic E-state index is 12.4. The molecule has 0 aliphatic carbocycles. The van der Waals surface area contributed by atoms with Gasteiger partial charge in [0.25, 0.3) is 5.91 Å². The van der Waals surface area contributed by atoms with Gasteiger partial charge >= 0.3 is 0 Å². The van der Waals surface area contributed by atoms with Gasteiger partial charge in [0.15, 0.2) is 0 Å². The van der Waals surface area contributed by atoms with E-state index in [9.17, 15) is 9.59 Å². The van der Waals surface area contributed by atoms with Crippen molar-refractivity contribution in [1.82, 2.24) is 16.1 Å². The Morgan fingerprint density at radius 1 is 1.30 bits per heavy atom. The number of nitrogens with one attached hydrogen (secondary N) is 3. The van der Waals surface area contributed by atoms with Crippen LogP contribution in [0.3, 0.4) is 0 Å². The van der Waals surface area contributed by atoms with Gasteiger partial charge in [-0.25, -0.2) is 5.48 Å². The summed E-state index contributed by atoms with van der Waals surface area (Å²) in [6.07, 6.45) is 1.07. The lowest BCUT2D eigenvalue weighted by molar-refractivity contribution is -0.135. The molecule has 7 heteroatoms. The third-order valence-corrected chi connectivity index (χ3v) is 3.85. The van der Waals surface area contributed by atoms with Crippen LogP contribution in [-0.4, -0.2) is 29.1 Å². The van der Waals surface area contributed by atoms with Crippen LogP contribution < -0.4 is 16.1 Å². The molecule has 0 saturated heterocycles. The molecule has 1 aliphatic rings. The first-order valence-corrected chi connectivity index (χ1v) is 7.55. The Bertz CT molecular complexity index is 551. The molecule has 0 fully saturated rings. The number of rotatable bonds is 5. The van der Waals surface area contributed by atoms with Crippen LogP contribution in [0.2, 0.25) is 0 Å². The third kappa shape index (κ3) is 5.20. The van der Waals surface area contributed by atoms with Crippen LogP contribution in [0.1, 0.15) is 31.4 Å². The quantitative estimate of drug-likeness (QED) is 0.478. The van der Waals surface area contributed by atoms with Crippen LogP contribution in [0.15, 0.2) is 24.3 Å². The van der Waals surface area contributed by atoms with Crippen LogP contribution in [0.5, 0.6) is 0 Å². The van der Waals surface area contributed by atoms with Gasteiger partial charge in [-0.3, -0.25) is 14.8 Å². The molecule has 2 atom stereocenters. The molecule has 2 rings (SSSR count). The number of benzene rings is 1. The van der Waals surface area contributed by atoms with Crippen molar-refractivity contribution in [2.75, 3.05) is 0 Å². The predicted octanol–water partition coefficient (Wildman–Crippen LogP) is 1.16. The molecule has 1 heterocycles. The summed E-state index contributed by atoms with van der Waals surface area (Å²) in [7, 11) is 0. The highest BCUT2D eigenvalue weighted by Gasteiger charge is 2.28. The van der Waals surface area contributed by atoms with E-state index in [1.54, 1.807) is 5.48 Å². The fraction of sp³-hybridized carbons (Fsp3) is 0.500. The van der Waals surface area contributed by atoms with Crippen LogP contribution in [-0.2, 0) is 22.6 Å². The van der Waals surface area contributed by atoms with Gasteiger partial charge in [0.1, 0.15) is 6.04 Å². The highest BCUT2D eigenvalue weighted by molar-refractivity contribution is 5.89. The number of fused-ring (bicyclic) bond motifs is 1. The predicted molar refractivity (Wildman–Crippen MR) is 89.3 cm³/mol. The number of hydrogen-bond acceptors (Lipinski definition) is 4. The largest absolute Gasteiger partial charge is 0.343 e. The highest BCUT2D eigenvalue weighted by atomic mass is 35.5. The second-order valence-corrected chi connectivity index (χ2v) is 6.07.